The molecule has 0 amide bonds. The second-order valence-electron chi connectivity index (χ2n) is 5.32. The maximum atomic E-state index is 12.1. The number of rotatable bonds is 5. The van der Waals surface area contributed by atoms with Crippen molar-refractivity contribution in [3.63, 3.8) is 0 Å². The molecule has 2 aromatic rings. The number of carbonyl (C=O) groups is 1. The van der Waals surface area contributed by atoms with Gasteiger partial charge in [0.2, 0.25) is 0 Å². The zero-order valence-corrected chi connectivity index (χ0v) is 14.4. The molecule has 1 atom stereocenters. The predicted octanol–water partition coefficient (Wildman–Crippen LogP) is 2.74. The number of nitrogens with one attached hydrogen (secondary N) is 1. The first-order chi connectivity index (χ1) is 11.4. The van der Waals surface area contributed by atoms with E-state index in [2.05, 4.69) is 9.97 Å². The first-order valence-corrected chi connectivity index (χ1v) is 8.27. The summed E-state index contributed by atoms with van der Waals surface area (Å²) >= 11 is 1.09. The van der Waals surface area contributed by atoms with Crippen LogP contribution in [0, 0.1) is 11.3 Å². The largest absolute Gasteiger partial charge is 0.462 e. The molecule has 0 aliphatic rings. The molecular formula is C17H17N3O3S. The number of benzene rings is 1. The lowest BCUT2D eigenvalue weighted by Gasteiger charge is -2.13. The first-order valence-electron chi connectivity index (χ1n) is 7.39. The number of nitriles is 1. The van der Waals surface area contributed by atoms with Crippen molar-refractivity contribution in [3.05, 3.63) is 46.2 Å². The summed E-state index contributed by atoms with van der Waals surface area (Å²) in [7, 11) is 0. The summed E-state index contributed by atoms with van der Waals surface area (Å²) in [6.07, 6.45) is -0.214. The normalized spacial score (nSPS) is 11.8. The smallest absolute Gasteiger partial charge is 0.319 e. The maximum Gasteiger partial charge on any atom is 0.319 e. The highest BCUT2D eigenvalue weighted by atomic mass is 32.2. The molecule has 1 heterocycles. The van der Waals surface area contributed by atoms with Gasteiger partial charge in [-0.1, -0.05) is 42.1 Å². The van der Waals surface area contributed by atoms with Crippen molar-refractivity contribution in [2.24, 2.45) is 0 Å². The van der Waals surface area contributed by atoms with Gasteiger partial charge in [-0.25, -0.2) is 4.98 Å². The number of ether oxygens (including phenoxy) is 1. The monoisotopic (exact) mass is 343 g/mol. The molecule has 124 valence electrons. The molecule has 0 fully saturated rings. The fourth-order valence-electron chi connectivity index (χ4n) is 1.96. The Labute approximate surface area is 143 Å². The minimum absolute atomic E-state index is 0.0528. The highest BCUT2D eigenvalue weighted by Gasteiger charge is 2.20. The molecule has 1 aromatic carbocycles. The Morgan fingerprint density at radius 1 is 1.29 bits per heavy atom. The Bertz CT molecular complexity index is 825. The summed E-state index contributed by atoms with van der Waals surface area (Å²) in [4.78, 5) is 30.9. The maximum absolute atomic E-state index is 12.1. The molecule has 0 aliphatic carbocycles. The molecule has 0 radical (unpaired) electrons. The minimum atomic E-state index is -0.535. The number of aromatic nitrogens is 2. The lowest BCUT2D eigenvalue weighted by atomic mass is 10.1. The molecule has 1 unspecified atom stereocenters. The molecule has 1 aromatic heterocycles. The highest BCUT2D eigenvalue weighted by Crippen LogP contribution is 2.24. The van der Waals surface area contributed by atoms with Crippen LogP contribution in [-0.2, 0) is 9.53 Å². The van der Waals surface area contributed by atoms with Gasteiger partial charge in [0.05, 0.1) is 11.8 Å². The van der Waals surface area contributed by atoms with Gasteiger partial charge in [-0.05, 0) is 20.8 Å². The van der Waals surface area contributed by atoms with E-state index in [0.717, 1.165) is 11.8 Å². The van der Waals surface area contributed by atoms with E-state index in [1.165, 1.54) is 0 Å². The molecule has 0 saturated carbocycles. The van der Waals surface area contributed by atoms with Gasteiger partial charge in [0.25, 0.3) is 5.56 Å². The number of esters is 1. The van der Waals surface area contributed by atoms with E-state index < -0.39 is 10.8 Å². The second-order valence-corrected chi connectivity index (χ2v) is 6.65. The van der Waals surface area contributed by atoms with E-state index in [1.807, 2.05) is 12.1 Å². The van der Waals surface area contributed by atoms with Crippen molar-refractivity contribution < 1.29 is 9.53 Å². The summed E-state index contributed by atoms with van der Waals surface area (Å²) in [5.41, 5.74) is 0.384. The van der Waals surface area contributed by atoms with Gasteiger partial charge in [-0.3, -0.25) is 9.59 Å². The third-order valence-electron chi connectivity index (χ3n) is 3.03. The van der Waals surface area contributed by atoms with E-state index in [4.69, 9.17) is 4.74 Å². The molecule has 6 nitrogen and oxygen atoms in total. The van der Waals surface area contributed by atoms with Crippen LogP contribution >= 0.6 is 11.8 Å². The fraction of sp³-hybridized carbons (Fsp3) is 0.294. The Morgan fingerprint density at radius 2 is 1.96 bits per heavy atom. The van der Waals surface area contributed by atoms with Gasteiger partial charge in [-0.2, -0.15) is 5.26 Å². The summed E-state index contributed by atoms with van der Waals surface area (Å²) in [6.45, 7) is 5.21. The summed E-state index contributed by atoms with van der Waals surface area (Å²) in [6, 6.07) is 10.9. The number of H-pyrrole nitrogens is 1. The van der Waals surface area contributed by atoms with Gasteiger partial charge < -0.3 is 9.72 Å². The van der Waals surface area contributed by atoms with Crippen LogP contribution in [0.2, 0.25) is 0 Å². The van der Waals surface area contributed by atoms with Crippen LogP contribution in [0.3, 0.4) is 0 Å². The number of carbonyl (C=O) groups excluding carboxylic acids is 1. The highest BCUT2D eigenvalue weighted by molar-refractivity contribution is 8.00. The van der Waals surface area contributed by atoms with E-state index in [-0.39, 0.29) is 22.8 Å². The Morgan fingerprint density at radius 3 is 2.54 bits per heavy atom. The molecular weight excluding hydrogens is 326 g/mol. The van der Waals surface area contributed by atoms with E-state index in [0.29, 0.717) is 11.3 Å². The van der Waals surface area contributed by atoms with Gasteiger partial charge in [0.1, 0.15) is 16.9 Å². The fourth-order valence-corrected chi connectivity index (χ4v) is 2.74. The average molecular weight is 343 g/mol. The average Bonchev–Trinajstić information content (AvgIpc) is 2.54. The van der Waals surface area contributed by atoms with E-state index >= 15 is 0 Å². The van der Waals surface area contributed by atoms with Crippen molar-refractivity contribution in [2.75, 3.05) is 0 Å². The zero-order valence-electron chi connectivity index (χ0n) is 13.6. The number of aromatic amines is 1. The number of nitrogens with zero attached hydrogens (tertiary/aromatic N) is 2. The molecule has 7 heteroatoms. The van der Waals surface area contributed by atoms with Gasteiger partial charge >= 0.3 is 5.97 Å². The third kappa shape index (κ3) is 4.24. The van der Waals surface area contributed by atoms with E-state index in [1.54, 1.807) is 45.0 Å². The first kappa shape index (κ1) is 17.8. The molecule has 24 heavy (non-hydrogen) atoms. The molecule has 0 aliphatic heterocycles. The molecule has 2 rings (SSSR count). The molecule has 0 bridgehead atoms. The quantitative estimate of drug-likeness (QED) is 0.509. The van der Waals surface area contributed by atoms with Crippen LogP contribution in [0.1, 0.15) is 26.3 Å². The summed E-state index contributed by atoms with van der Waals surface area (Å²) in [5.74, 6) is -0.386. The molecule has 0 spiro atoms. The number of thioether (sulfide) groups is 1. The number of hydrogen-bond donors (Lipinski definition) is 1. The Kier molecular flexibility index (Phi) is 5.77. The van der Waals surface area contributed by atoms with Crippen molar-refractivity contribution in [1.29, 1.82) is 5.26 Å². The van der Waals surface area contributed by atoms with Crippen molar-refractivity contribution >= 4 is 17.7 Å². The lowest BCUT2D eigenvalue weighted by molar-refractivity contribution is -0.146. The zero-order chi connectivity index (χ0) is 17.7. The standard InChI is InChI=1S/C17H17N3O3S/c1-10(2)23-16(22)11(3)24-17-19-14(12-7-5-4-6-8-12)13(9-18)15(21)20-17/h4-8,10-11H,1-3H3,(H,19,20,21). The SMILES string of the molecule is CC(C)OC(=O)C(C)Sc1nc(-c2ccccc2)c(C#N)c(=O)[nH]1. The van der Waals surface area contributed by atoms with Gasteiger partial charge in [-0.15, -0.1) is 0 Å². The topological polar surface area (TPSA) is 95.8 Å². The van der Waals surface area contributed by atoms with Gasteiger partial charge in [0.15, 0.2) is 5.16 Å². The van der Waals surface area contributed by atoms with Crippen LogP contribution in [0.5, 0.6) is 0 Å². The van der Waals surface area contributed by atoms with Crippen molar-refractivity contribution in [2.45, 2.75) is 37.3 Å². The van der Waals surface area contributed by atoms with Crippen molar-refractivity contribution in [1.82, 2.24) is 9.97 Å². The van der Waals surface area contributed by atoms with E-state index in [9.17, 15) is 14.9 Å². The minimum Gasteiger partial charge on any atom is -0.462 e. The molecule has 0 saturated heterocycles. The second kappa shape index (κ2) is 7.79. The van der Waals surface area contributed by atoms with Crippen LogP contribution in [-0.4, -0.2) is 27.3 Å². The van der Waals surface area contributed by atoms with Crippen molar-refractivity contribution in [3.8, 4) is 17.3 Å². The van der Waals surface area contributed by atoms with Crippen LogP contribution in [0.4, 0.5) is 0 Å². The van der Waals surface area contributed by atoms with Crippen LogP contribution < -0.4 is 5.56 Å². The summed E-state index contributed by atoms with van der Waals surface area (Å²) < 4.78 is 5.14. The predicted molar refractivity (Wildman–Crippen MR) is 91.6 cm³/mol. The lowest BCUT2D eigenvalue weighted by Crippen LogP contribution is -2.22. The number of hydrogen-bond acceptors (Lipinski definition) is 6. The summed E-state index contributed by atoms with van der Waals surface area (Å²) in [5, 5.41) is 8.96. The Hall–Kier alpha value is -2.59. The van der Waals surface area contributed by atoms with Crippen LogP contribution in [0.25, 0.3) is 11.3 Å². The van der Waals surface area contributed by atoms with Gasteiger partial charge in [0, 0.05) is 5.56 Å². The Balaban J connectivity index is 2.37. The van der Waals surface area contributed by atoms with Crippen LogP contribution in [0.15, 0.2) is 40.3 Å². The molecule has 1 N–H and O–H groups in total. The third-order valence-corrected chi connectivity index (χ3v) is 3.99.